The van der Waals surface area contributed by atoms with Gasteiger partial charge >= 0.3 is 0 Å². The van der Waals surface area contributed by atoms with E-state index >= 15 is 0 Å². The molecule has 0 bridgehead atoms. The van der Waals surface area contributed by atoms with Gasteiger partial charge in [0.25, 0.3) is 0 Å². The molecule has 1 aromatic carbocycles. The number of benzene rings is 1. The lowest BCUT2D eigenvalue weighted by Gasteiger charge is -2.09. The summed E-state index contributed by atoms with van der Waals surface area (Å²) in [6.07, 6.45) is 3.05. The highest BCUT2D eigenvalue weighted by Crippen LogP contribution is 2.26. The van der Waals surface area contributed by atoms with Gasteiger partial charge in [-0.25, -0.2) is 0 Å². The van der Waals surface area contributed by atoms with Crippen molar-refractivity contribution in [1.29, 1.82) is 0 Å². The quantitative estimate of drug-likeness (QED) is 0.760. The molecule has 1 heterocycles. The molecule has 112 valence electrons. The van der Waals surface area contributed by atoms with Crippen LogP contribution in [0.5, 0.6) is 5.75 Å². The third kappa shape index (κ3) is 5.14. The maximum Gasteiger partial charge on any atom is 0.134 e. The summed E-state index contributed by atoms with van der Waals surface area (Å²) in [5, 5.41) is 3.36. The minimum absolute atomic E-state index is 0.477. The Balaban J connectivity index is 1.88. The van der Waals surface area contributed by atoms with Crippen molar-refractivity contribution < 1.29 is 4.74 Å². The smallest absolute Gasteiger partial charge is 0.134 e. The second-order valence-electron chi connectivity index (χ2n) is 5.06. The van der Waals surface area contributed by atoms with E-state index in [2.05, 4.69) is 46.1 Å². The molecule has 0 saturated carbocycles. The number of aromatic nitrogens is 1. The van der Waals surface area contributed by atoms with E-state index in [1.54, 1.807) is 0 Å². The predicted molar refractivity (Wildman–Crippen MR) is 89.4 cm³/mol. The lowest BCUT2D eigenvalue weighted by Crippen LogP contribution is -2.14. The van der Waals surface area contributed by atoms with Gasteiger partial charge in [-0.1, -0.05) is 19.1 Å². The molecule has 2 rings (SSSR count). The number of hydrogen-bond donors (Lipinski definition) is 1. The van der Waals surface area contributed by atoms with Gasteiger partial charge in [-0.2, -0.15) is 0 Å². The highest BCUT2D eigenvalue weighted by molar-refractivity contribution is 9.10. The molecule has 0 aliphatic heterocycles. The minimum Gasteiger partial charge on any atom is -0.486 e. The summed E-state index contributed by atoms with van der Waals surface area (Å²) < 4.78 is 6.77. The first-order chi connectivity index (χ1) is 10.2. The molecular weight excluding hydrogens is 328 g/mol. The highest BCUT2D eigenvalue weighted by atomic mass is 79.9. The molecule has 0 spiro atoms. The molecule has 0 unspecified atom stereocenters. The Hall–Kier alpha value is -1.39. The van der Waals surface area contributed by atoms with Crippen LogP contribution >= 0.6 is 15.9 Å². The van der Waals surface area contributed by atoms with Crippen molar-refractivity contribution in [3.63, 3.8) is 0 Å². The predicted octanol–water partition coefficient (Wildman–Crippen LogP) is 4.23. The summed E-state index contributed by atoms with van der Waals surface area (Å²) in [6.45, 7) is 6.60. The standard InChI is InChI=1S/C17H21BrN2O/c1-3-8-19-10-14-5-6-15(20-11-14)12-21-17-7-4-13(2)9-16(17)18/h4-7,9,11,19H,3,8,10,12H2,1-2H3. The summed E-state index contributed by atoms with van der Waals surface area (Å²) >= 11 is 3.51. The van der Waals surface area contributed by atoms with Gasteiger partial charge in [0.05, 0.1) is 10.2 Å². The second-order valence-corrected chi connectivity index (χ2v) is 5.91. The fraction of sp³-hybridized carbons (Fsp3) is 0.353. The van der Waals surface area contributed by atoms with Gasteiger partial charge in [0.1, 0.15) is 12.4 Å². The largest absolute Gasteiger partial charge is 0.486 e. The highest BCUT2D eigenvalue weighted by Gasteiger charge is 2.03. The van der Waals surface area contributed by atoms with Crippen LogP contribution in [0.1, 0.15) is 30.2 Å². The van der Waals surface area contributed by atoms with Crippen molar-refractivity contribution in [2.45, 2.75) is 33.4 Å². The number of pyridine rings is 1. The minimum atomic E-state index is 0.477. The Labute approximate surface area is 134 Å². The molecule has 0 aliphatic rings. The second kappa shape index (κ2) is 8.15. The molecule has 0 atom stereocenters. The van der Waals surface area contributed by atoms with Crippen molar-refractivity contribution in [2.24, 2.45) is 0 Å². The molecule has 0 fully saturated rings. The fourth-order valence-electron chi connectivity index (χ4n) is 1.93. The van der Waals surface area contributed by atoms with Crippen LogP contribution in [-0.2, 0) is 13.2 Å². The van der Waals surface area contributed by atoms with E-state index in [0.717, 1.165) is 35.4 Å². The normalized spacial score (nSPS) is 10.6. The molecule has 0 saturated heterocycles. The van der Waals surface area contributed by atoms with Gasteiger partial charge < -0.3 is 10.1 Å². The summed E-state index contributed by atoms with van der Waals surface area (Å²) in [5.41, 5.74) is 3.33. The summed E-state index contributed by atoms with van der Waals surface area (Å²) in [7, 11) is 0. The van der Waals surface area contributed by atoms with Gasteiger partial charge in [-0.3, -0.25) is 4.98 Å². The van der Waals surface area contributed by atoms with Gasteiger partial charge in [0.2, 0.25) is 0 Å². The van der Waals surface area contributed by atoms with E-state index < -0.39 is 0 Å². The number of ether oxygens (including phenoxy) is 1. The van der Waals surface area contributed by atoms with Gasteiger partial charge in [-0.05, 0) is 65.1 Å². The van der Waals surface area contributed by atoms with E-state index in [1.165, 1.54) is 11.1 Å². The van der Waals surface area contributed by atoms with Gasteiger partial charge in [-0.15, -0.1) is 0 Å². The first-order valence-electron chi connectivity index (χ1n) is 7.22. The zero-order valence-corrected chi connectivity index (χ0v) is 14.1. The molecule has 0 amide bonds. The molecule has 0 radical (unpaired) electrons. The third-order valence-corrected chi connectivity index (χ3v) is 3.72. The van der Waals surface area contributed by atoms with E-state index in [1.807, 2.05) is 30.5 Å². The molecule has 2 aromatic rings. The van der Waals surface area contributed by atoms with Crippen LogP contribution in [0.4, 0.5) is 0 Å². The van der Waals surface area contributed by atoms with Gasteiger partial charge in [0.15, 0.2) is 0 Å². The van der Waals surface area contributed by atoms with Crippen molar-refractivity contribution in [2.75, 3.05) is 6.54 Å². The number of aryl methyl sites for hydroxylation is 1. The molecular formula is C17H21BrN2O. The Morgan fingerprint density at radius 2 is 2.10 bits per heavy atom. The number of nitrogens with zero attached hydrogens (tertiary/aromatic N) is 1. The Bertz CT molecular complexity index is 570. The average molecular weight is 349 g/mol. The lowest BCUT2D eigenvalue weighted by molar-refractivity contribution is 0.299. The van der Waals surface area contributed by atoms with Gasteiger partial charge in [0, 0.05) is 12.7 Å². The Morgan fingerprint density at radius 1 is 1.24 bits per heavy atom. The van der Waals surface area contributed by atoms with Crippen LogP contribution in [0.15, 0.2) is 41.0 Å². The molecule has 0 aliphatic carbocycles. The number of rotatable bonds is 7. The molecule has 4 heteroatoms. The van der Waals surface area contributed by atoms with Crippen molar-refractivity contribution in [3.05, 3.63) is 57.8 Å². The maximum absolute atomic E-state index is 5.79. The first kappa shape index (κ1) is 16.0. The van der Waals surface area contributed by atoms with Crippen LogP contribution < -0.4 is 10.1 Å². The first-order valence-corrected chi connectivity index (χ1v) is 8.02. The SMILES string of the molecule is CCCNCc1ccc(COc2ccc(C)cc2Br)nc1. The van der Waals surface area contributed by atoms with Crippen LogP contribution in [0.3, 0.4) is 0 Å². The zero-order valence-electron chi connectivity index (χ0n) is 12.5. The lowest BCUT2D eigenvalue weighted by atomic mass is 10.2. The van der Waals surface area contributed by atoms with E-state index in [0.29, 0.717) is 6.61 Å². The van der Waals surface area contributed by atoms with E-state index in [-0.39, 0.29) is 0 Å². The Morgan fingerprint density at radius 3 is 2.76 bits per heavy atom. The number of hydrogen-bond acceptors (Lipinski definition) is 3. The molecule has 3 nitrogen and oxygen atoms in total. The fourth-order valence-corrected chi connectivity index (χ4v) is 2.54. The Kier molecular flexibility index (Phi) is 6.21. The van der Waals surface area contributed by atoms with Crippen LogP contribution in [0.2, 0.25) is 0 Å². The van der Waals surface area contributed by atoms with Crippen molar-refractivity contribution in [1.82, 2.24) is 10.3 Å². The van der Waals surface area contributed by atoms with Crippen molar-refractivity contribution in [3.8, 4) is 5.75 Å². The van der Waals surface area contributed by atoms with Crippen molar-refractivity contribution >= 4 is 15.9 Å². The molecule has 1 N–H and O–H groups in total. The summed E-state index contributed by atoms with van der Waals surface area (Å²) in [6, 6.07) is 10.2. The maximum atomic E-state index is 5.79. The van der Waals surface area contributed by atoms with E-state index in [4.69, 9.17) is 4.74 Å². The van der Waals surface area contributed by atoms with Crippen LogP contribution in [-0.4, -0.2) is 11.5 Å². The monoisotopic (exact) mass is 348 g/mol. The molecule has 21 heavy (non-hydrogen) atoms. The summed E-state index contributed by atoms with van der Waals surface area (Å²) in [5.74, 6) is 0.844. The molecule has 1 aromatic heterocycles. The zero-order chi connectivity index (χ0) is 15.1. The topological polar surface area (TPSA) is 34.1 Å². The average Bonchev–Trinajstić information content (AvgIpc) is 2.48. The van der Waals surface area contributed by atoms with E-state index in [9.17, 15) is 0 Å². The third-order valence-electron chi connectivity index (χ3n) is 3.10. The summed E-state index contributed by atoms with van der Waals surface area (Å²) in [4.78, 5) is 4.44. The van der Waals surface area contributed by atoms with Crippen LogP contribution in [0.25, 0.3) is 0 Å². The number of halogens is 1. The van der Waals surface area contributed by atoms with Crippen LogP contribution in [0, 0.1) is 6.92 Å². The number of nitrogens with one attached hydrogen (secondary N) is 1.